The Balaban J connectivity index is 1.76. The van der Waals surface area contributed by atoms with Crippen molar-refractivity contribution in [2.75, 3.05) is 19.6 Å². The van der Waals surface area contributed by atoms with Crippen LogP contribution in [0, 0.1) is 20.8 Å². The van der Waals surface area contributed by atoms with E-state index < -0.39 is 12.0 Å². The number of carboxylic acid groups (broad SMARTS) is 1. The summed E-state index contributed by atoms with van der Waals surface area (Å²) in [5.74, 6) is -0.942. The van der Waals surface area contributed by atoms with E-state index in [4.69, 9.17) is 0 Å². The standard InChI is InChI=1S/C22H26N2O3/c1-15-6-4-8-18(12-15)13-23-10-11-24(14-20(23)25)21(22(26)27)19-9-5-7-16(2)17(19)3/h4-9,12,21H,10-11,13-14H2,1-3H3,(H,26,27)/t21-/m1/s1. The van der Waals surface area contributed by atoms with E-state index in [0.29, 0.717) is 19.6 Å². The predicted octanol–water partition coefficient (Wildman–Crippen LogP) is 3.08. The molecule has 3 rings (SSSR count). The number of aliphatic carboxylic acids is 1. The minimum Gasteiger partial charge on any atom is -0.480 e. The molecule has 0 bridgehead atoms. The molecule has 0 aromatic heterocycles. The SMILES string of the molecule is Cc1cccc(CN2CCN([C@@H](C(=O)O)c3cccc(C)c3C)CC2=O)c1. The van der Waals surface area contributed by atoms with Gasteiger partial charge in [-0.3, -0.25) is 14.5 Å². The zero-order valence-electron chi connectivity index (χ0n) is 16.1. The van der Waals surface area contributed by atoms with E-state index in [1.807, 2.05) is 62.1 Å². The molecule has 1 fully saturated rings. The number of aryl methyl sites for hydroxylation is 2. The highest BCUT2D eigenvalue weighted by Gasteiger charge is 2.34. The Kier molecular flexibility index (Phi) is 5.61. The second-order valence-electron chi connectivity index (χ2n) is 7.30. The first-order valence-electron chi connectivity index (χ1n) is 9.23. The fourth-order valence-corrected chi connectivity index (χ4v) is 3.70. The number of carboxylic acids is 1. The Morgan fingerprint density at radius 2 is 1.85 bits per heavy atom. The lowest BCUT2D eigenvalue weighted by atomic mass is 9.96. The summed E-state index contributed by atoms with van der Waals surface area (Å²) in [7, 11) is 0. The van der Waals surface area contributed by atoms with E-state index in [1.54, 1.807) is 4.90 Å². The molecule has 1 amide bonds. The molecule has 0 saturated carbocycles. The van der Waals surface area contributed by atoms with E-state index in [9.17, 15) is 14.7 Å². The van der Waals surface area contributed by atoms with Crippen LogP contribution < -0.4 is 0 Å². The third-order valence-electron chi connectivity index (χ3n) is 5.34. The number of carbonyl (C=O) groups excluding carboxylic acids is 1. The van der Waals surface area contributed by atoms with Gasteiger partial charge in [-0.15, -0.1) is 0 Å². The molecule has 2 aromatic rings. The molecule has 0 radical (unpaired) electrons. The number of carbonyl (C=O) groups is 2. The molecular weight excluding hydrogens is 340 g/mol. The fraction of sp³-hybridized carbons (Fsp3) is 0.364. The van der Waals surface area contributed by atoms with Crippen LogP contribution in [0.5, 0.6) is 0 Å². The van der Waals surface area contributed by atoms with Gasteiger partial charge in [0.2, 0.25) is 5.91 Å². The lowest BCUT2D eigenvalue weighted by Gasteiger charge is -2.38. The highest BCUT2D eigenvalue weighted by atomic mass is 16.4. The molecule has 27 heavy (non-hydrogen) atoms. The maximum atomic E-state index is 12.7. The number of benzene rings is 2. The van der Waals surface area contributed by atoms with Crippen LogP contribution in [0.2, 0.25) is 0 Å². The van der Waals surface area contributed by atoms with Gasteiger partial charge >= 0.3 is 5.97 Å². The van der Waals surface area contributed by atoms with Gasteiger partial charge in [-0.05, 0) is 43.0 Å². The minimum atomic E-state index is -0.913. The van der Waals surface area contributed by atoms with Gasteiger partial charge in [-0.25, -0.2) is 0 Å². The van der Waals surface area contributed by atoms with Gasteiger partial charge in [-0.1, -0.05) is 48.0 Å². The predicted molar refractivity (Wildman–Crippen MR) is 104 cm³/mol. The number of hydrogen-bond acceptors (Lipinski definition) is 3. The molecular formula is C22H26N2O3. The molecule has 1 saturated heterocycles. The Bertz CT molecular complexity index is 862. The summed E-state index contributed by atoms with van der Waals surface area (Å²) >= 11 is 0. The average molecular weight is 366 g/mol. The van der Waals surface area contributed by atoms with Crippen molar-refractivity contribution in [1.82, 2.24) is 9.80 Å². The fourth-order valence-electron chi connectivity index (χ4n) is 3.70. The summed E-state index contributed by atoms with van der Waals surface area (Å²) in [6, 6.07) is 13.0. The van der Waals surface area contributed by atoms with E-state index in [1.165, 1.54) is 5.56 Å². The van der Waals surface area contributed by atoms with E-state index in [0.717, 1.165) is 22.3 Å². The lowest BCUT2D eigenvalue weighted by molar-refractivity contribution is -0.148. The largest absolute Gasteiger partial charge is 0.480 e. The molecule has 1 N–H and O–H groups in total. The maximum absolute atomic E-state index is 12.7. The van der Waals surface area contributed by atoms with Gasteiger partial charge in [0.25, 0.3) is 0 Å². The van der Waals surface area contributed by atoms with Crippen molar-refractivity contribution in [2.45, 2.75) is 33.4 Å². The number of amides is 1. The normalized spacial score (nSPS) is 16.4. The number of nitrogens with zero attached hydrogens (tertiary/aromatic N) is 2. The van der Waals surface area contributed by atoms with Crippen LogP contribution in [0.25, 0.3) is 0 Å². The summed E-state index contributed by atoms with van der Waals surface area (Å²) in [5, 5.41) is 9.85. The molecule has 5 nitrogen and oxygen atoms in total. The first-order valence-corrected chi connectivity index (χ1v) is 9.23. The van der Waals surface area contributed by atoms with Crippen molar-refractivity contribution in [2.24, 2.45) is 0 Å². The van der Waals surface area contributed by atoms with Crippen molar-refractivity contribution < 1.29 is 14.7 Å². The highest BCUT2D eigenvalue weighted by molar-refractivity contribution is 5.82. The molecule has 1 atom stereocenters. The maximum Gasteiger partial charge on any atom is 0.325 e. The molecule has 0 unspecified atom stereocenters. The van der Waals surface area contributed by atoms with Crippen molar-refractivity contribution in [3.63, 3.8) is 0 Å². The van der Waals surface area contributed by atoms with Crippen molar-refractivity contribution in [1.29, 1.82) is 0 Å². The molecule has 142 valence electrons. The van der Waals surface area contributed by atoms with Gasteiger partial charge in [0.1, 0.15) is 6.04 Å². The number of rotatable bonds is 5. The quantitative estimate of drug-likeness (QED) is 0.883. The van der Waals surface area contributed by atoms with Crippen molar-refractivity contribution in [3.05, 3.63) is 70.3 Å². The van der Waals surface area contributed by atoms with Crippen LogP contribution >= 0.6 is 0 Å². The van der Waals surface area contributed by atoms with Crippen molar-refractivity contribution in [3.8, 4) is 0 Å². The molecule has 1 aliphatic rings. The van der Waals surface area contributed by atoms with Crippen molar-refractivity contribution >= 4 is 11.9 Å². The minimum absolute atomic E-state index is 0.0284. The van der Waals surface area contributed by atoms with Crippen LogP contribution in [-0.2, 0) is 16.1 Å². The second-order valence-corrected chi connectivity index (χ2v) is 7.30. The van der Waals surface area contributed by atoms with E-state index >= 15 is 0 Å². The Hall–Kier alpha value is -2.66. The second kappa shape index (κ2) is 7.92. The first-order chi connectivity index (χ1) is 12.9. The van der Waals surface area contributed by atoms with Gasteiger partial charge in [0.15, 0.2) is 0 Å². The average Bonchev–Trinajstić information content (AvgIpc) is 2.61. The van der Waals surface area contributed by atoms with Crippen LogP contribution in [-0.4, -0.2) is 46.4 Å². The highest BCUT2D eigenvalue weighted by Crippen LogP contribution is 2.27. The summed E-state index contributed by atoms with van der Waals surface area (Å²) in [5.41, 5.74) is 5.06. The molecule has 1 aliphatic heterocycles. The van der Waals surface area contributed by atoms with Crippen LogP contribution in [0.15, 0.2) is 42.5 Å². The number of hydrogen-bond donors (Lipinski definition) is 1. The zero-order chi connectivity index (χ0) is 19.6. The third-order valence-corrected chi connectivity index (χ3v) is 5.34. The summed E-state index contributed by atoms with van der Waals surface area (Å²) in [6.45, 7) is 7.71. The van der Waals surface area contributed by atoms with Gasteiger partial charge < -0.3 is 10.0 Å². The summed E-state index contributed by atoms with van der Waals surface area (Å²) < 4.78 is 0. The molecule has 1 heterocycles. The monoisotopic (exact) mass is 366 g/mol. The zero-order valence-corrected chi connectivity index (χ0v) is 16.1. The molecule has 2 aromatic carbocycles. The lowest BCUT2D eigenvalue weighted by Crippen LogP contribution is -2.52. The van der Waals surface area contributed by atoms with E-state index in [-0.39, 0.29) is 12.5 Å². The van der Waals surface area contributed by atoms with Crippen LogP contribution in [0.3, 0.4) is 0 Å². The molecule has 0 aliphatic carbocycles. The Morgan fingerprint density at radius 1 is 1.11 bits per heavy atom. The van der Waals surface area contributed by atoms with Gasteiger partial charge in [-0.2, -0.15) is 0 Å². The Morgan fingerprint density at radius 3 is 2.52 bits per heavy atom. The van der Waals surface area contributed by atoms with E-state index in [2.05, 4.69) is 6.07 Å². The molecule has 5 heteroatoms. The van der Waals surface area contributed by atoms with Crippen LogP contribution in [0.1, 0.15) is 33.9 Å². The van der Waals surface area contributed by atoms with Gasteiger partial charge in [0, 0.05) is 19.6 Å². The summed E-state index contributed by atoms with van der Waals surface area (Å²) in [4.78, 5) is 28.3. The first kappa shape index (κ1) is 19.1. The molecule has 0 spiro atoms. The Labute approximate surface area is 160 Å². The third kappa shape index (κ3) is 4.19. The van der Waals surface area contributed by atoms with Crippen LogP contribution in [0.4, 0.5) is 0 Å². The number of piperazine rings is 1. The smallest absolute Gasteiger partial charge is 0.325 e. The van der Waals surface area contributed by atoms with Gasteiger partial charge in [0.05, 0.1) is 6.54 Å². The topological polar surface area (TPSA) is 60.9 Å². The summed E-state index contributed by atoms with van der Waals surface area (Å²) in [6.07, 6.45) is 0.